The largest absolute Gasteiger partial charge is 0.421 e. The number of diazo groups is 1. The molecule has 0 aliphatic rings. The highest BCUT2D eigenvalue weighted by Crippen LogP contribution is 2.29. The second-order valence-electron chi connectivity index (χ2n) is 2.23. The molecule has 62 valence electrons. The summed E-state index contributed by atoms with van der Waals surface area (Å²) in [5, 5.41) is 8.30. The summed E-state index contributed by atoms with van der Waals surface area (Å²) < 4.78 is 25.9. The fraction of sp³-hybridized carbons (Fsp3) is 0.143. The van der Waals surface area contributed by atoms with Crippen molar-refractivity contribution in [3.63, 3.8) is 0 Å². The number of rotatable bonds is 0. The molecule has 0 saturated heterocycles. The lowest BCUT2D eigenvalue weighted by atomic mass is 10.2. The summed E-state index contributed by atoms with van der Waals surface area (Å²) in [6, 6.07) is 1.07. The highest BCUT2D eigenvalue weighted by molar-refractivity contribution is 9.10. The van der Waals surface area contributed by atoms with Gasteiger partial charge in [-0.15, -0.1) is 0 Å². The minimum atomic E-state index is -0.849. The van der Waals surface area contributed by atoms with Crippen molar-refractivity contribution in [2.75, 3.05) is 0 Å². The van der Waals surface area contributed by atoms with Crippen LogP contribution in [0, 0.1) is 24.0 Å². The van der Waals surface area contributed by atoms with Crippen LogP contribution >= 0.6 is 15.9 Å². The third-order valence-corrected chi connectivity index (χ3v) is 2.04. The first-order valence-electron chi connectivity index (χ1n) is 3.07. The molecule has 0 aromatic heterocycles. The van der Waals surface area contributed by atoms with E-state index < -0.39 is 11.6 Å². The molecule has 1 aromatic rings. The van der Waals surface area contributed by atoms with E-state index >= 15 is 0 Å². The summed E-state index contributed by atoms with van der Waals surface area (Å²) >= 11 is 2.86. The highest BCUT2D eigenvalue weighted by Gasteiger charge is 2.21. The number of halogens is 3. The Kier molecular flexibility index (Phi) is 2.38. The van der Waals surface area contributed by atoms with Crippen LogP contribution in [0.5, 0.6) is 0 Å². The molecule has 0 spiro atoms. The molecule has 0 amide bonds. The Bertz CT molecular complexity index is 371. The van der Waals surface area contributed by atoms with Crippen LogP contribution in [0.4, 0.5) is 14.5 Å². The molecule has 0 unspecified atom stereocenters. The van der Waals surface area contributed by atoms with Gasteiger partial charge in [0.15, 0.2) is 4.98 Å². The summed E-state index contributed by atoms with van der Waals surface area (Å²) in [5.74, 6) is -1.53. The van der Waals surface area contributed by atoms with Gasteiger partial charge in [0.1, 0.15) is 5.82 Å². The normalized spacial score (nSPS) is 9.58. The molecule has 0 saturated carbocycles. The van der Waals surface area contributed by atoms with Gasteiger partial charge in [-0.3, -0.25) is 0 Å². The van der Waals surface area contributed by atoms with E-state index in [4.69, 9.17) is 5.39 Å². The number of nitrogens with zero attached hydrogens (tertiary/aromatic N) is 2. The maximum absolute atomic E-state index is 12.9. The average Bonchev–Trinajstić information content (AvgIpc) is 2.08. The molecule has 1 rings (SSSR count). The van der Waals surface area contributed by atoms with Crippen molar-refractivity contribution in [2.45, 2.75) is 6.92 Å². The second-order valence-corrected chi connectivity index (χ2v) is 3.08. The third kappa shape index (κ3) is 1.30. The zero-order chi connectivity index (χ0) is 9.30. The summed E-state index contributed by atoms with van der Waals surface area (Å²) in [6.45, 7) is 1.27. The first-order valence-corrected chi connectivity index (χ1v) is 3.86. The van der Waals surface area contributed by atoms with Crippen LogP contribution < -0.4 is 0 Å². The van der Waals surface area contributed by atoms with Gasteiger partial charge in [0.2, 0.25) is 11.2 Å². The van der Waals surface area contributed by atoms with Crippen LogP contribution in [0.3, 0.4) is 0 Å². The molecule has 0 radical (unpaired) electrons. The van der Waals surface area contributed by atoms with Gasteiger partial charge in [0.25, 0.3) is 0 Å². The van der Waals surface area contributed by atoms with Gasteiger partial charge in [-0.25, -0.2) is 4.39 Å². The predicted octanol–water partition coefficient (Wildman–Crippen LogP) is 3.52. The predicted molar refractivity (Wildman–Crippen MR) is 43.5 cm³/mol. The van der Waals surface area contributed by atoms with Crippen molar-refractivity contribution in [1.29, 1.82) is 5.39 Å². The summed E-state index contributed by atoms with van der Waals surface area (Å²) in [7, 11) is 0. The lowest BCUT2D eigenvalue weighted by molar-refractivity contribution is 0.567. The van der Waals surface area contributed by atoms with Crippen molar-refractivity contribution in [1.82, 2.24) is 0 Å². The average molecular weight is 234 g/mol. The summed E-state index contributed by atoms with van der Waals surface area (Å²) in [6.07, 6.45) is 0. The van der Waals surface area contributed by atoms with Crippen molar-refractivity contribution >= 4 is 21.6 Å². The van der Waals surface area contributed by atoms with Crippen molar-refractivity contribution in [2.24, 2.45) is 0 Å². The van der Waals surface area contributed by atoms with Gasteiger partial charge in [0, 0.05) is 5.56 Å². The SMILES string of the molecule is Cc1c(F)c(Br)cc([N+]#N)c1F. The highest BCUT2D eigenvalue weighted by atomic mass is 79.9. The van der Waals surface area contributed by atoms with E-state index in [9.17, 15) is 8.78 Å². The van der Waals surface area contributed by atoms with Crippen LogP contribution in [-0.2, 0) is 0 Å². The monoisotopic (exact) mass is 233 g/mol. The topological polar surface area (TPSA) is 28.1 Å². The molecule has 12 heavy (non-hydrogen) atoms. The molecule has 5 heteroatoms. The minimum Gasteiger partial charge on any atom is -0.205 e. The van der Waals surface area contributed by atoms with Crippen molar-refractivity contribution in [3.8, 4) is 0 Å². The molecule has 0 aliphatic carbocycles. The maximum Gasteiger partial charge on any atom is 0.421 e. The van der Waals surface area contributed by atoms with E-state index in [0.717, 1.165) is 6.07 Å². The second kappa shape index (κ2) is 3.15. The Morgan fingerprint density at radius 2 is 2.00 bits per heavy atom. The zero-order valence-corrected chi connectivity index (χ0v) is 7.69. The van der Waals surface area contributed by atoms with Gasteiger partial charge >= 0.3 is 5.69 Å². The number of benzene rings is 1. The fourth-order valence-electron chi connectivity index (χ4n) is 0.787. The summed E-state index contributed by atoms with van der Waals surface area (Å²) in [5.41, 5.74) is -0.446. The van der Waals surface area contributed by atoms with Gasteiger partial charge in [-0.1, -0.05) is 0 Å². The Hall–Kier alpha value is -1.02. The first-order chi connectivity index (χ1) is 5.57. The number of hydrogen-bond donors (Lipinski definition) is 0. The lowest BCUT2D eigenvalue weighted by Crippen LogP contribution is -1.89. The van der Waals surface area contributed by atoms with Gasteiger partial charge in [-0.05, 0) is 22.9 Å². The lowest BCUT2D eigenvalue weighted by Gasteiger charge is -1.96. The van der Waals surface area contributed by atoms with E-state index in [0.29, 0.717) is 0 Å². The Morgan fingerprint density at radius 1 is 1.42 bits per heavy atom. The molecule has 0 aliphatic heterocycles. The van der Waals surface area contributed by atoms with Gasteiger partial charge in [-0.2, -0.15) is 4.39 Å². The smallest absolute Gasteiger partial charge is 0.205 e. The standard InChI is InChI=1S/C7H4BrF2N2/c1-3-6(9)4(8)2-5(12-11)7(3)10/h2H,1H3/q+1. The molecular formula is C7H4BrF2N2+. The van der Waals surface area contributed by atoms with Crippen molar-refractivity contribution in [3.05, 3.63) is 32.7 Å². The molecule has 0 bridgehead atoms. The van der Waals surface area contributed by atoms with E-state index in [1.807, 2.05) is 0 Å². The van der Waals surface area contributed by atoms with Crippen LogP contribution in [0.1, 0.15) is 5.56 Å². The van der Waals surface area contributed by atoms with Crippen LogP contribution in [0.2, 0.25) is 0 Å². The van der Waals surface area contributed by atoms with E-state index in [1.165, 1.54) is 6.92 Å². The van der Waals surface area contributed by atoms with E-state index in [1.54, 1.807) is 0 Å². The number of hydrogen-bond acceptors (Lipinski definition) is 1. The molecular weight excluding hydrogens is 230 g/mol. The van der Waals surface area contributed by atoms with Crippen LogP contribution in [0.25, 0.3) is 4.98 Å². The molecule has 1 aromatic carbocycles. The molecule has 0 heterocycles. The Labute approximate surface area is 76.0 Å². The van der Waals surface area contributed by atoms with E-state index in [2.05, 4.69) is 20.9 Å². The van der Waals surface area contributed by atoms with Gasteiger partial charge in [0.05, 0.1) is 10.5 Å². The van der Waals surface area contributed by atoms with Crippen molar-refractivity contribution < 1.29 is 8.78 Å². The molecule has 0 N–H and O–H groups in total. The molecule has 0 fully saturated rings. The van der Waals surface area contributed by atoms with Crippen LogP contribution in [-0.4, -0.2) is 0 Å². The molecule has 2 nitrogen and oxygen atoms in total. The van der Waals surface area contributed by atoms with Crippen LogP contribution in [0.15, 0.2) is 10.5 Å². The summed E-state index contributed by atoms with van der Waals surface area (Å²) in [4.78, 5) is 2.66. The van der Waals surface area contributed by atoms with Gasteiger partial charge < -0.3 is 0 Å². The molecule has 0 atom stereocenters. The Balaban J connectivity index is 3.52. The Morgan fingerprint density at radius 3 is 2.50 bits per heavy atom. The first kappa shape index (κ1) is 9.07. The quantitative estimate of drug-likeness (QED) is 0.498. The zero-order valence-electron chi connectivity index (χ0n) is 6.11. The minimum absolute atomic E-state index is 0.0780. The third-order valence-electron chi connectivity index (χ3n) is 1.46. The maximum atomic E-state index is 12.9. The fourth-order valence-corrected chi connectivity index (χ4v) is 1.30. The van der Waals surface area contributed by atoms with E-state index in [-0.39, 0.29) is 15.7 Å².